The number of benzene rings is 1. The smallest absolute Gasteiger partial charge is 0.223 e. The van der Waals surface area contributed by atoms with Gasteiger partial charge in [0, 0.05) is 23.1 Å². The van der Waals surface area contributed by atoms with Crippen molar-refractivity contribution in [3.8, 4) is 5.75 Å². The largest absolute Gasteiger partial charge is 0.492 e. The predicted octanol–water partition coefficient (Wildman–Crippen LogP) is 2.38. The molecule has 0 aliphatic carbocycles. The Hall–Kier alpha value is -1.07. The molecular weight excluding hydrogens is 308 g/mol. The maximum absolute atomic E-state index is 11.4. The molecule has 5 heteroatoms. The first-order valence-corrected chi connectivity index (χ1v) is 7.20. The minimum Gasteiger partial charge on any atom is -0.492 e. The Balaban J connectivity index is 2.68. The molecule has 19 heavy (non-hydrogen) atoms. The lowest BCUT2D eigenvalue weighted by Gasteiger charge is -2.14. The molecule has 1 amide bonds. The van der Waals surface area contributed by atoms with E-state index in [9.17, 15) is 4.79 Å². The molecule has 0 aliphatic rings. The molecule has 0 aromatic heterocycles. The summed E-state index contributed by atoms with van der Waals surface area (Å²) in [4.78, 5) is 11.4. The fourth-order valence-corrected chi connectivity index (χ4v) is 2.48. The lowest BCUT2D eigenvalue weighted by atomic mass is 10.1. The van der Waals surface area contributed by atoms with Crippen molar-refractivity contribution in [1.29, 1.82) is 0 Å². The summed E-state index contributed by atoms with van der Waals surface area (Å²) in [7, 11) is 1.90. The van der Waals surface area contributed by atoms with E-state index in [1.165, 1.54) is 0 Å². The second kappa shape index (κ2) is 8.17. The van der Waals surface area contributed by atoms with Crippen LogP contribution in [0, 0.1) is 6.92 Å². The molecule has 0 radical (unpaired) electrons. The minimum atomic E-state index is 0.0208. The number of nitrogens with one attached hydrogen (secondary N) is 2. The molecule has 0 saturated carbocycles. The SMILES string of the molecule is CCNC(=O)CCOc1c(C)cc(Br)cc1CNC. The summed E-state index contributed by atoms with van der Waals surface area (Å²) >= 11 is 3.48. The van der Waals surface area contributed by atoms with Crippen LogP contribution in [0.5, 0.6) is 5.75 Å². The van der Waals surface area contributed by atoms with Gasteiger partial charge < -0.3 is 15.4 Å². The summed E-state index contributed by atoms with van der Waals surface area (Å²) in [6.07, 6.45) is 0.377. The van der Waals surface area contributed by atoms with E-state index in [2.05, 4.69) is 26.6 Å². The molecule has 0 unspecified atom stereocenters. The minimum absolute atomic E-state index is 0.0208. The number of carbonyl (C=O) groups excluding carboxylic acids is 1. The van der Waals surface area contributed by atoms with Crippen molar-refractivity contribution in [3.63, 3.8) is 0 Å². The molecular formula is C14H21BrN2O2. The van der Waals surface area contributed by atoms with Crippen molar-refractivity contribution in [2.24, 2.45) is 0 Å². The maximum Gasteiger partial charge on any atom is 0.223 e. The first kappa shape index (κ1) is 16.0. The third-order valence-electron chi connectivity index (χ3n) is 2.63. The van der Waals surface area contributed by atoms with Gasteiger partial charge in [0.1, 0.15) is 5.75 Å². The number of hydrogen-bond acceptors (Lipinski definition) is 3. The van der Waals surface area contributed by atoms with Crippen molar-refractivity contribution in [2.75, 3.05) is 20.2 Å². The number of ether oxygens (including phenoxy) is 1. The summed E-state index contributed by atoms with van der Waals surface area (Å²) in [5, 5.41) is 5.87. The van der Waals surface area contributed by atoms with E-state index >= 15 is 0 Å². The van der Waals surface area contributed by atoms with Crippen LogP contribution in [-0.2, 0) is 11.3 Å². The highest BCUT2D eigenvalue weighted by Crippen LogP contribution is 2.28. The average Bonchev–Trinajstić information content (AvgIpc) is 2.33. The molecule has 0 aliphatic heterocycles. The molecule has 0 heterocycles. The van der Waals surface area contributed by atoms with Gasteiger partial charge in [0.05, 0.1) is 13.0 Å². The molecule has 1 aromatic carbocycles. The predicted molar refractivity (Wildman–Crippen MR) is 80.4 cm³/mol. The Labute approximate surface area is 123 Å². The summed E-state index contributed by atoms with van der Waals surface area (Å²) in [5.74, 6) is 0.884. The Morgan fingerprint density at radius 2 is 2.16 bits per heavy atom. The van der Waals surface area contributed by atoms with Crippen LogP contribution in [0.15, 0.2) is 16.6 Å². The zero-order valence-electron chi connectivity index (χ0n) is 11.7. The van der Waals surface area contributed by atoms with Gasteiger partial charge in [-0.3, -0.25) is 4.79 Å². The van der Waals surface area contributed by atoms with Crippen LogP contribution in [0.3, 0.4) is 0 Å². The zero-order chi connectivity index (χ0) is 14.3. The number of carbonyl (C=O) groups is 1. The Bertz CT molecular complexity index is 436. The summed E-state index contributed by atoms with van der Waals surface area (Å²) in [5.41, 5.74) is 2.15. The van der Waals surface area contributed by atoms with E-state index in [1.807, 2.05) is 33.0 Å². The molecule has 0 fully saturated rings. The van der Waals surface area contributed by atoms with Crippen LogP contribution < -0.4 is 15.4 Å². The van der Waals surface area contributed by atoms with Crippen molar-refractivity contribution >= 4 is 21.8 Å². The van der Waals surface area contributed by atoms with Gasteiger partial charge in [-0.1, -0.05) is 15.9 Å². The molecule has 2 N–H and O–H groups in total. The van der Waals surface area contributed by atoms with Gasteiger partial charge in [0.25, 0.3) is 0 Å². The molecule has 0 saturated heterocycles. The van der Waals surface area contributed by atoms with Crippen LogP contribution in [0.4, 0.5) is 0 Å². The summed E-state index contributed by atoms with van der Waals surface area (Å²) < 4.78 is 6.80. The lowest BCUT2D eigenvalue weighted by molar-refractivity contribution is -0.121. The number of aryl methyl sites for hydroxylation is 1. The van der Waals surface area contributed by atoms with Gasteiger partial charge >= 0.3 is 0 Å². The second-order valence-electron chi connectivity index (χ2n) is 4.29. The van der Waals surface area contributed by atoms with Crippen molar-refractivity contribution in [2.45, 2.75) is 26.8 Å². The molecule has 1 rings (SSSR count). The standard InChI is InChI=1S/C14H21BrN2O2/c1-4-17-13(18)5-6-19-14-10(2)7-12(15)8-11(14)9-16-3/h7-8,16H,4-6,9H2,1-3H3,(H,17,18). The van der Waals surface area contributed by atoms with Gasteiger partial charge in [-0.25, -0.2) is 0 Å². The zero-order valence-corrected chi connectivity index (χ0v) is 13.3. The van der Waals surface area contributed by atoms with E-state index in [4.69, 9.17) is 4.74 Å². The van der Waals surface area contributed by atoms with Gasteiger partial charge in [-0.15, -0.1) is 0 Å². The quantitative estimate of drug-likeness (QED) is 0.808. The normalized spacial score (nSPS) is 10.3. The number of rotatable bonds is 7. The Morgan fingerprint density at radius 3 is 2.79 bits per heavy atom. The van der Waals surface area contributed by atoms with Gasteiger partial charge in [-0.05, 0) is 38.6 Å². The van der Waals surface area contributed by atoms with Crippen molar-refractivity contribution in [1.82, 2.24) is 10.6 Å². The Morgan fingerprint density at radius 1 is 1.42 bits per heavy atom. The maximum atomic E-state index is 11.4. The van der Waals surface area contributed by atoms with Crippen molar-refractivity contribution < 1.29 is 9.53 Å². The van der Waals surface area contributed by atoms with Gasteiger partial charge in [0.15, 0.2) is 0 Å². The van der Waals surface area contributed by atoms with Crippen LogP contribution in [0.2, 0.25) is 0 Å². The number of hydrogen-bond donors (Lipinski definition) is 2. The summed E-state index contributed by atoms with van der Waals surface area (Å²) in [6.45, 7) is 5.69. The van der Waals surface area contributed by atoms with E-state index in [0.29, 0.717) is 19.6 Å². The van der Waals surface area contributed by atoms with Crippen LogP contribution in [0.25, 0.3) is 0 Å². The highest BCUT2D eigenvalue weighted by atomic mass is 79.9. The molecule has 106 valence electrons. The van der Waals surface area contributed by atoms with E-state index in [-0.39, 0.29) is 5.91 Å². The van der Waals surface area contributed by atoms with Crippen LogP contribution in [-0.4, -0.2) is 26.1 Å². The fourth-order valence-electron chi connectivity index (χ4n) is 1.86. The first-order chi connectivity index (χ1) is 9.08. The van der Waals surface area contributed by atoms with Crippen LogP contribution in [0.1, 0.15) is 24.5 Å². The van der Waals surface area contributed by atoms with E-state index < -0.39 is 0 Å². The first-order valence-electron chi connectivity index (χ1n) is 6.41. The highest BCUT2D eigenvalue weighted by molar-refractivity contribution is 9.10. The third-order valence-corrected chi connectivity index (χ3v) is 3.09. The topological polar surface area (TPSA) is 50.4 Å². The monoisotopic (exact) mass is 328 g/mol. The average molecular weight is 329 g/mol. The van der Waals surface area contributed by atoms with Crippen LogP contribution >= 0.6 is 15.9 Å². The van der Waals surface area contributed by atoms with E-state index in [0.717, 1.165) is 27.9 Å². The van der Waals surface area contributed by atoms with Gasteiger partial charge in [-0.2, -0.15) is 0 Å². The Kier molecular flexibility index (Phi) is 6.87. The third kappa shape index (κ3) is 5.20. The molecule has 0 bridgehead atoms. The molecule has 0 spiro atoms. The molecule has 0 atom stereocenters. The molecule has 4 nitrogen and oxygen atoms in total. The molecule has 1 aromatic rings. The van der Waals surface area contributed by atoms with Crippen molar-refractivity contribution in [3.05, 3.63) is 27.7 Å². The van der Waals surface area contributed by atoms with Gasteiger partial charge in [0.2, 0.25) is 5.91 Å². The number of halogens is 1. The lowest BCUT2D eigenvalue weighted by Crippen LogP contribution is -2.24. The number of amides is 1. The second-order valence-corrected chi connectivity index (χ2v) is 5.21. The fraction of sp³-hybridized carbons (Fsp3) is 0.500. The van der Waals surface area contributed by atoms with E-state index in [1.54, 1.807) is 0 Å². The highest BCUT2D eigenvalue weighted by Gasteiger charge is 2.09. The summed E-state index contributed by atoms with van der Waals surface area (Å²) in [6, 6.07) is 4.05.